The van der Waals surface area contributed by atoms with Crippen molar-refractivity contribution in [3.8, 4) is 0 Å². The number of carboxylic acids is 1. The van der Waals surface area contributed by atoms with Gasteiger partial charge in [0.05, 0.1) is 6.10 Å². The summed E-state index contributed by atoms with van der Waals surface area (Å²) in [4.78, 5) is 22.7. The fourth-order valence-electron chi connectivity index (χ4n) is 3.67. The normalized spacial score (nSPS) is 22.8. The van der Waals surface area contributed by atoms with Gasteiger partial charge in [-0.15, -0.1) is 0 Å². The molecule has 3 N–H and O–H groups in total. The molecule has 1 saturated heterocycles. The van der Waals surface area contributed by atoms with Crippen LogP contribution in [0, 0.1) is 11.2 Å². The van der Waals surface area contributed by atoms with Crippen molar-refractivity contribution in [1.82, 2.24) is 14.9 Å². The molecule has 1 aliphatic heterocycles. The number of nitrogens with one attached hydrogen (secondary N) is 1. The number of halogens is 1. The van der Waals surface area contributed by atoms with Gasteiger partial charge in [0, 0.05) is 44.1 Å². The molecule has 1 fully saturated rings. The molecule has 28 heavy (non-hydrogen) atoms. The molecule has 8 heteroatoms. The van der Waals surface area contributed by atoms with Crippen molar-refractivity contribution in [3.63, 3.8) is 0 Å². The molecule has 1 aromatic heterocycles. The van der Waals surface area contributed by atoms with Gasteiger partial charge in [0.15, 0.2) is 0 Å². The molecule has 1 aliphatic rings. The van der Waals surface area contributed by atoms with Crippen molar-refractivity contribution < 1.29 is 19.4 Å². The smallest absolute Gasteiger partial charge is 0.313 e. The lowest BCUT2D eigenvalue weighted by atomic mass is 9.72. The Morgan fingerprint density at radius 3 is 2.57 bits per heavy atom. The molecule has 2 heterocycles. The van der Waals surface area contributed by atoms with Crippen molar-refractivity contribution in [2.45, 2.75) is 32.4 Å². The fourth-order valence-corrected chi connectivity index (χ4v) is 3.67. The number of carbonyl (C=O) groups is 1. The van der Waals surface area contributed by atoms with Crippen LogP contribution in [0.2, 0.25) is 0 Å². The quantitative estimate of drug-likeness (QED) is 0.667. The van der Waals surface area contributed by atoms with Gasteiger partial charge in [-0.2, -0.15) is 0 Å². The summed E-state index contributed by atoms with van der Waals surface area (Å²) in [6.45, 7) is 3.96. The second-order valence-corrected chi connectivity index (χ2v) is 7.22. The van der Waals surface area contributed by atoms with Gasteiger partial charge in [0.1, 0.15) is 11.2 Å². The minimum Gasteiger partial charge on any atom is -0.481 e. The maximum atomic E-state index is 13.2. The molecule has 2 aromatic rings. The Hall–Kier alpha value is -2.58. The number of anilines is 1. The zero-order valence-corrected chi connectivity index (χ0v) is 15.8. The molecule has 0 spiro atoms. The van der Waals surface area contributed by atoms with E-state index in [0.717, 1.165) is 12.1 Å². The van der Waals surface area contributed by atoms with Crippen LogP contribution in [-0.4, -0.2) is 56.8 Å². The SMILES string of the molecule is CCNc1ncc(CN2CC[C@@H](O)[C@](Cc3ccc(F)cc3)(C(=O)O)C2)cn1. The Kier molecular flexibility index (Phi) is 6.21. The van der Waals surface area contributed by atoms with E-state index in [1.807, 2.05) is 11.8 Å². The van der Waals surface area contributed by atoms with E-state index in [2.05, 4.69) is 15.3 Å². The Labute approximate surface area is 163 Å². The molecule has 150 valence electrons. The molecule has 2 atom stereocenters. The summed E-state index contributed by atoms with van der Waals surface area (Å²) >= 11 is 0. The average molecular weight is 388 g/mol. The Bertz CT molecular complexity index is 800. The van der Waals surface area contributed by atoms with Crippen LogP contribution < -0.4 is 5.32 Å². The minimum atomic E-state index is -1.35. The van der Waals surface area contributed by atoms with Crippen molar-refractivity contribution in [3.05, 3.63) is 53.6 Å². The summed E-state index contributed by atoms with van der Waals surface area (Å²) in [5, 5.41) is 23.6. The Balaban J connectivity index is 1.76. The van der Waals surface area contributed by atoms with Crippen LogP contribution in [0.3, 0.4) is 0 Å². The summed E-state index contributed by atoms with van der Waals surface area (Å²) < 4.78 is 13.2. The van der Waals surface area contributed by atoms with Crippen LogP contribution in [0.4, 0.5) is 10.3 Å². The molecule has 0 amide bonds. The van der Waals surface area contributed by atoms with E-state index in [9.17, 15) is 19.4 Å². The highest BCUT2D eigenvalue weighted by Gasteiger charge is 2.49. The van der Waals surface area contributed by atoms with E-state index >= 15 is 0 Å². The average Bonchev–Trinajstić information content (AvgIpc) is 2.68. The van der Waals surface area contributed by atoms with Crippen LogP contribution in [0.1, 0.15) is 24.5 Å². The Morgan fingerprint density at radius 1 is 1.29 bits per heavy atom. The maximum Gasteiger partial charge on any atom is 0.313 e. The molecule has 0 aliphatic carbocycles. The Morgan fingerprint density at radius 2 is 1.96 bits per heavy atom. The van der Waals surface area contributed by atoms with E-state index in [1.54, 1.807) is 24.5 Å². The van der Waals surface area contributed by atoms with Crippen molar-refractivity contribution in [2.75, 3.05) is 25.0 Å². The standard InChI is InChI=1S/C20H25FN4O3/c1-2-22-19-23-10-15(11-24-19)12-25-8-7-17(26)20(13-25,18(27)28)9-14-3-5-16(21)6-4-14/h3-6,10-11,17,26H,2,7-9,12-13H2,1H3,(H,27,28)(H,22,23,24)/t17-,20-/m1/s1. The summed E-state index contributed by atoms with van der Waals surface area (Å²) in [6.07, 6.45) is 2.95. The van der Waals surface area contributed by atoms with Crippen molar-refractivity contribution in [1.29, 1.82) is 0 Å². The van der Waals surface area contributed by atoms with Crippen LogP contribution in [0.15, 0.2) is 36.7 Å². The topological polar surface area (TPSA) is 98.6 Å². The molecule has 0 radical (unpaired) electrons. The summed E-state index contributed by atoms with van der Waals surface area (Å²) in [6, 6.07) is 5.75. The number of carboxylic acid groups (broad SMARTS) is 1. The van der Waals surface area contributed by atoms with Crippen LogP contribution in [0.25, 0.3) is 0 Å². The molecular formula is C20H25FN4O3. The minimum absolute atomic E-state index is 0.135. The second-order valence-electron chi connectivity index (χ2n) is 7.22. The number of rotatable bonds is 7. The third-order valence-electron chi connectivity index (χ3n) is 5.17. The number of nitrogens with zero attached hydrogens (tertiary/aromatic N) is 3. The number of benzene rings is 1. The first-order valence-corrected chi connectivity index (χ1v) is 9.36. The fraction of sp³-hybridized carbons (Fsp3) is 0.450. The van der Waals surface area contributed by atoms with E-state index in [0.29, 0.717) is 31.0 Å². The zero-order chi connectivity index (χ0) is 20.1. The van der Waals surface area contributed by atoms with Gasteiger partial charge in [-0.25, -0.2) is 14.4 Å². The van der Waals surface area contributed by atoms with Crippen molar-refractivity contribution >= 4 is 11.9 Å². The monoisotopic (exact) mass is 388 g/mol. The number of aromatic nitrogens is 2. The summed E-state index contributed by atoms with van der Waals surface area (Å²) in [5.41, 5.74) is 0.211. The lowest BCUT2D eigenvalue weighted by molar-refractivity contribution is -0.163. The summed E-state index contributed by atoms with van der Waals surface area (Å²) in [7, 11) is 0. The highest BCUT2D eigenvalue weighted by atomic mass is 19.1. The highest BCUT2D eigenvalue weighted by Crippen LogP contribution is 2.35. The van der Waals surface area contributed by atoms with Crippen molar-refractivity contribution in [2.24, 2.45) is 5.41 Å². The molecule has 3 rings (SSSR count). The summed E-state index contributed by atoms with van der Waals surface area (Å²) in [5.74, 6) is -0.871. The third-order valence-corrected chi connectivity index (χ3v) is 5.17. The van der Waals surface area contributed by atoms with Gasteiger partial charge in [-0.3, -0.25) is 9.69 Å². The number of aliphatic carboxylic acids is 1. The number of hydrogen-bond donors (Lipinski definition) is 3. The number of aliphatic hydroxyl groups is 1. The van der Waals surface area contributed by atoms with Gasteiger partial charge in [0.2, 0.25) is 5.95 Å². The number of piperidine rings is 1. The predicted molar refractivity (Wildman–Crippen MR) is 102 cm³/mol. The molecule has 0 unspecified atom stereocenters. The van der Waals surface area contributed by atoms with E-state index in [-0.39, 0.29) is 18.8 Å². The first kappa shape index (κ1) is 20.2. The number of hydrogen-bond acceptors (Lipinski definition) is 6. The van der Waals surface area contributed by atoms with Gasteiger partial charge in [0.25, 0.3) is 0 Å². The third kappa shape index (κ3) is 4.45. The predicted octanol–water partition coefficient (Wildman–Crippen LogP) is 1.93. The number of aliphatic hydroxyl groups excluding tert-OH is 1. The van der Waals surface area contributed by atoms with Gasteiger partial charge in [-0.1, -0.05) is 12.1 Å². The number of likely N-dealkylation sites (tertiary alicyclic amines) is 1. The maximum absolute atomic E-state index is 13.2. The first-order chi connectivity index (χ1) is 13.4. The van der Waals surface area contributed by atoms with E-state index in [1.165, 1.54) is 12.1 Å². The van der Waals surface area contributed by atoms with Crippen LogP contribution in [-0.2, 0) is 17.8 Å². The molecule has 7 nitrogen and oxygen atoms in total. The zero-order valence-electron chi connectivity index (χ0n) is 15.8. The largest absolute Gasteiger partial charge is 0.481 e. The van der Waals surface area contributed by atoms with E-state index in [4.69, 9.17) is 0 Å². The van der Waals surface area contributed by atoms with Gasteiger partial charge in [-0.05, 0) is 37.5 Å². The highest BCUT2D eigenvalue weighted by molar-refractivity contribution is 5.76. The molecule has 1 aromatic carbocycles. The molecule has 0 saturated carbocycles. The first-order valence-electron chi connectivity index (χ1n) is 9.36. The lowest BCUT2D eigenvalue weighted by Gasteiger charge is -2.43. The van der Waals surface area contributed by atoms with Crippen LogP contribution >= 0.6 is 0 Å². The molecular weight excluding hydrogens is 363 g/mol. The van der Waals surface area contributed by atoms with Crippen LogP contribution in [0.5, 0.6) is 0 Å². The molecule has 0 bridgehead atoms. The van der Waals surface area contributed by atoms with Gasteiger partial charge >= 0.3 is 5.97 Å². The lowest BCUT2D eigenvalue weighted by Crippen LogP contribution is -2.56. The van der Waals surface area contributed by atoms with Gasteiger partial charge < -0.3 is 15.5 Å². The second kappa shape index (κ2) is 8.62. The van der Waals surface area contributed by atoms with E-state index < -0.39 is 17.5 Å².